The summed E-state index contributed by atoms with van der Waals surface area (Å²) < 4.78 is 19.1. The zero-order chi connectivity index (χ0) is 41.8. The maximum atomic E-state index is 6.94. The van der Waals surface area contributed by atoms with Crippen molar-refractivity contribution in [2.75, 3.05) is 0 Å². The second kappa shape index (κ2) is 11.4. The third kappa shape index (κ3) is 3.87. The average molecular weight is 822 g/mol. The van der Waals surface area contributed by atoms with Crippen LogP contribution in [0.4, 0.5) is 11.4 Å². The van der Waals surface area contributed by atoms with Gasteiger partial charge in [0.25, 0.3) is 20.1 Å². The van der Waals surface area contributed by atoms with Gasteiger partial charge in [-0.1, -0.05) is 115 Å². The van der Waals surface area contributed by atoms with Crippen molar-refractivity contribution in [3.05, 3.63) is 187 Å². The normalized spacial score (nSPS) is 14.8. The van der Waals surface area contributed by atoms with Crippen molar-refractivity contribution in [1.29, 1.82) is 0 Å². The lowest BCUT2D eigenvalue weighted by Crippen LogP contribution is -2.71. The van der Waals surface area contributed by atoms with Crippen molar-refractivity contribution in [2.24, 2.45) is 9.98 Å². The second-order valence-corrected chi connectivity index (χ2v) is 18.2. The monoisotopic (exact) mass is 822 g/mol. The number of fused-ring (bicyclic) bond motifs is 8. The minimum absolute atomic E-state index is 0.0743. The van der Waals surface area contributed by atoms with Crippen molar-refractivity contribution in [3.63, 3.8) is 0 Å². The van der Waals surface area contributed by atoms with E-state index >= 15 is 0 Å². The molecule has 0 aliphatic carbocycles. The Balaban J connectivity index is 1.14. The predicted octanol–water partition coefficient (Wildman–Crippen LogP) is 5.36. The lowest BCUT2D eigenvalue weighted by atomic mass is 9.26. The highest BCUT2D eigenvalue weighted by molar-refractivity contribution is 7.06. The van der Waals surface area contributed by atoms with E-state index in [1.54, 1.807) is 0 Å². The Morgan fingerprint density at radius 1 is 0.323 bits per heavy atom. The molecule has 294 valence electrons. The van der Waals surface area contributed by atoms with Crippen molar-refractivity contribution < 1.29 is 9.47 Å². The fourth-order valence-corrected chi connectivity index (χ4v) is 13.0. The highest BCUT2D eigenvalue weighted by Crippen LogP contribution is 2.40. The van der Waals surface area contributed by atoms with Gasteiger partial charge in [-0.3, -0.25) is 0 Å². The van der Waals surface area contributed by atoms with Gasteiger partial charge in [-0.15, -0.1) is 0 Å². The van der Waals surface area contributed by atoms with Crippen LogP contribution in [0.25, 0.3) is 55.0 Å². The van der Waals surface area contributed by atoms with Crippen molar-refractivity contribution in [1.82, 2.24) is 9.13 Å². The summed E-state index contributed by atoms with van der Waals surface area (Å²) in [4.78, 5) is 11.1. The molecule has 0 bridgehead atoms. The topological polar surface area (TPSA) is 53.0 Å². The number of para-hydroxylation sites is 6. The molecule has 6 nitrogen and oxygen atoms in total. The number of hydrogen-bond donors (Lipinski definition) is 0. The van der Waals surface area contributed by atoms with Crippen molar-refractivity contribution in [3.8, 4) is 34.4 Å². The molecular formula is C56H29B3N4O2. The van der Waals surface area contributed by atoms with E-state index in [0.29, 0.717) is 0 Å². The molecule has 0 spiro atoms. The average Bonchev–Trinajstić information content (AvgIpc) is 3.36. The van der Waals surface area contributed by atoms with E-state index in [4.69, 9.17) is 19.5 Å². The lowest BCUT2D eigenvalue weighted by molar-refractivity contribution is 0.487. The first kappa shape index (κ1) is 33.3. The molecule has 11 aromatic rings. The van der Waals surface area contributed by atoms with Gasteiger partial charge in [-0.25, -0.2) is 9.98 Å². The standard InChI is InChI=1S/C56H29B3N4O2/c1-3-13-30(14-4-1)60-49-32-17-11-21-38-51(32)62-53-34(49)25-27-44-46(53)57(36-19-7-9-23-42(36)64-44)40-29-41-56-48(55(40)62)59(38)39-22-12-18-33-50(61-31-15-5-2-6-16-31)35-26-28-45-47(54(35)63(56)52(33)39)58(41)37-20-8-10-24-43(37)65-45/h1-29H. The number of rotatable bonds is 2. The minimum Gasteiger partial charge on any atom is -0.458 e. The van der Waals surface area contributed by atoms with Gasteiger partial charge in [0.05, 0.1) is 44.2 Å². The van der Waals surface area contributed by atoms with E-state index < -0.39 is 0 Å². The van der Waals surface area contributed by atoms with Crippen LogP contribution < -0.4 is 69.4 Å². The molecule has 65 heavy (non-hydrogen) atoms. The SMILES string of the molecule is c1ccc(N=c2c3cccc4c3n3c5c6c(ccc25)Oc2ccccc2B6c2cc5c6c(c2-3)B4c2cccc3c(=Nc4ccccc4)c4ccc7c(c4n-6c23)B5c2ccccc2O7)cc1. The minimum atomic E-state index is -0.0795. The van der Waals surface area contributed by atoms with Gasteiger partial charge in [-0.05, 0) is 110 Å². The van der Waals surface area contributed by atoms with Crippen LogP contribution in [0, 0.1) is 0 Å². The molecule has 8 heterocycles. The number of hydrogen-bond acceptors (Lipinski definition) is 4. The van der Waals surface area contributed by atoms with Gasteiger partial charge in [0.1, 0.15) is 23.0 Å². The number of benzene rings is 9. The first-order valence-corrected chi connectivity index (χ1v) is 22.5. The molecule has 0 N–H and O–H groups in total. The Kier molecular flexibility index (Phi) is 5.86. The molecule has 0 unspecified atom stereocenters. The molecule has 0 saturated heterocycles. The van der Waals surface area contributed by atoms with E-state index in [0.717, 1.165) is 66.6 Å². The number of ether oxygens (including phenoxy) is 2. The van der Waals surface area contributed by atoms with Gasteiger partial charge in [0.15, 0.2) is 0 Å². The zero-order valence-electron chi connectivity index (χ0n) is 34.6. The summed E-state index contributed by atoms with van der Waals surface area (Å²) >= 11 is 0. The third-order valence-electron chi connectivity index (χ3n) is 15.2. The van der Waals surface area contributed by atoms with Crippen LogP contribution in [0.3, 0.4) is 0 Å². The van der Waals surface area contributed by atoms with Crippen molar-refractivity contribution in [2.45, 2.75) is 0 Å². The van der Waals surface area contributed by atoms with Crippen LogP contribution in [-0.4, -0.2) is 29.3 Å². The van der Waals surface area contributed by atoms with Crippen molar-refractivity contribution >= 4 is 124 Å². The van der Waals surface area contributed by atoms with Crippen LogP contribution in [0.15, 0.2) is 186 Å². The van der Waals surface area contributed by atoms with Gasteiger partial charge >= 0.3 is 0 Å². The number of aromatic nitrogens is 2. The molecule has 0 saturated carbocycles. The van der Waals surface area contributed by atoms with Crippen LogP contribution in [-0.2, 0) is 0 Å². The van der Waals surface area contributed by atoms with E-state index in [1.807, 2.05) is 0 Å². The highest BCUT2D eigenvalue weighted by atomic mass is 16.5. The molecule has 6 aliphatic heterocycles. The van der Waals surface area contributed by atoms with Gasteiger partial charge in [-0.2, -0.15) is 0 Å². The van der Waals surface area contributed by atoms with E-state index in [2.05, 4.69) is 185 Å². The quantitative estimate of drug-likeness (QED) is 0.175. The summed E-state index contributed by atoms with van der Waals surface area (Å²) in [5, 5.41) is 6.48. The third-order valence-corrected chi connectivity index (χ3v) is 15.2. The van der Waals surface area contributed by atoms with Gasteiger partial charge in [0.2, 0.25) is 0 Å². The Morgan fingerprint density at radius 3 is 1.23 bits per heavy atom. The molecule has 2 aromatic heterocycles. The molecular weight excluding hydrogens is 793 g/mol. The van der Waals surface area contributed by atoms with Crippen LogP contribution in [0.2, 0.25) is 0 Å². The van der Waals surface area contributed by atoms with E-state index in [1.165, 1.54) is 82.6 Å². The predicted molar refractivity (Wildman–Crippen MR) is 265 cm³/mol. The maximum Gasteiger partial charge on any atom is 0.256 e. The molecule has 17 rings (SSSR count). The Bertz CT molecular complexity index is 4010. The van der Waals surface area contributed by atoms with E-state index in [-0.39, 0.29) is 20.1 Å². The summed E-state index contributed by atoms with van der Waals surface area (Å²) in [6.45, 7) is -0.233. The summed E-state index contributed by atoms with van der Waals surface area (Å²) in [6.07, 6.45) is 0. The summed E-state index contributed by atoms with van der Waals surface area (Å²) in [5.41, 5.74) is 20.5. The Hall–Kier alpha value is -8.29. The molecule has 0 radical (unpaired) electrons. The molecule has 6 aliphatic rings. The van der Waals surface area contributed by atoms with Crippen LogP contribution >= 0.6 is 0 Å². The Labute approximate surface area is 372 Å². The smallest absolute Gasteiger partial charge is 0.256 e. The van der Waals surface area contributed by atoms with Gasteiger partial charge < -0.3 is 18.6 Å². The molecule has 9 heteroatoms. The summed E-state index contributed by atoms with van der Waals surface area (Å²) in [5.74, 6) is 3.61. The molecule has 9 aromatic carbocycles. The maximum absolute atomic E-state index is 6.94. The Morgan fingerprint density at radius 2 is 0.738 bits per heavy atom. The fourth-order valence-electron chi connectivity index (χ4n) is 13.0. The number of nitrogens with zero attached hydrogens (tertiary/aromatic N) is 4. The summed E-state index contributed by atoms with van der Waals surface area (Å²) in [6, 6.07) is 63.5. The van der Waals surface area contributed by atoms with Crippen LogP contribution in [0.1, 0.15) is 0 Å². The molecule has 0 fully saturated rings. The summed E-state index contributed by atoms with van der Waals surface area (Å²) in [7, 11) is 0. The van der Waals surface area contributed by atoms with Crippen LogP contribution in [0.5, 0.6) is 23.0 Å². The highest BCUT2D eigenvalue weighted by Gasteiger charge is 2.51. The van der Waals surface area contributed by atoms with E-state index in [9.17, 15) is 0 Å². The van der Waals surface area contributed by atoms with Gasteiger partial charge in [0, 0.05) is 32.9 Å². The first-order valence-electron chi connectivity index (χ1n) is 22.5. The molecule has 0 atom stereocenters. The first-order chi connectivity index (χ1) is 32.3. The largest absolute Gasteiger partial charge is 0.458 e. The number of pyridine rings is 2. The second-order valence-electron chi connectivity index (χ2n) is 18.2. The zero-order valence-corrected chi connectivity index (χ0v) is 34.6. The lowest BCUT2D eigenvalue weighted by Gasteiger charge is -2.45. The molecule has 0 amide bonds. The fraction of sp³-hybridized carbons (Fsp3) is 0.